The van der Waals surface area contributed by atoms with Gasteiger partial charge in [0.1, 0.15) is 5.82 Å². The molecule has 1 aromatic carbocycles. The van der Waals surface area contributed by atoms with Crippen molar-refractivity contribution in [3.63, 3.8) is 0 Å². The maximum Gasteiger partial charge on any atom is 0.239 e. The SMILES string of the molecule is Nc1n[nH]c(CCNC(=O)[C@@H]2CC(=O)N(c3cccc(Cl)c3)C2)n1. The van der Waals surface area contributed by atoms with Crippen molar-refractivity contribution in [2.75, 3.05) is 23.7 Å². The minimum Gasteiger partial charge on any atom is -0.367 e. The summed E-state index contributed by atoms with van der Waals surface area (Å²) in [4.78, 5) is 30.0. The van der Waals surface area contributed by atoms with Crippen molar-refractivity contribution in [2.24, 2.45) is 5.92 Å². The van der Waals surface area contributed by atoms with E-state index in [1.807, 2.05) is 0 Å². The topological polar surface area (TPSA) is 117 Å². The summed E-state index contributed by atoms with van der Waals surface area (Å²) >= 11 is 5.96. The van der Waals surface area contributed by atoms with E-state index in [0.29, 0.717) is 36.0 Å². The van der Waals surface area contributed by atoms with Crippen LogP contribution in [-0.2, 0) is 16.0 Å². The van der Waals surface area contributed by atoms with E-state index in [2.05, 4.69) is 20.5 Å². The van der Waals surface area contributed by atoms with E-state index in [1.54, 1.807) is 29.2 Å². The van der Waals surface area contributed by atoms with Crippen molar-refractivity contribution in [1.82, 2.24) is 20.5 Å². The van der Waals surface area contributed by atoms with Gasteiger partial charge in [0.2, 0.25) is 17.8 Å². The summed E-state index contributed by atoms with van der Waals surface area (Å²) in [5.41, 5.74) is 6.12. The average molecular weight is 349 g/mol. The molecule has 2 heterocycles. The van der Waals surface area contributed by atoms with E-state index >= 15 is 0 Å². The lowest BCUT2D eigenvalue weighted by Gasteiger charge is -2.16. The molecule has 1 aromatic heterocycles. The minimum atomic E-state index is -0.378. The quantitative estimate of drug-likeness (QED) is 0.737. The normalized spacial score (nSPS) is 17.3. The van der Waals surface area contributed by atoms with Gasteiger partial charge in [0.25, 0.3) is 0 Å². The standard InChI is InChI=1S/C15H17ClN6O2/c16-10-2-1-3-11(7-10)22-8-9(6-13(22)23)14(24)18-5-4-12-19-15(17)21-20-12/h1-3,7,9H,4-6,8H2,(H,18,24)(H3,17,19,20,21)/t9-/m1/s1. The summed E-state index contributed by atoms with van der Waals surface area (Å²) in [5, 5.41) is 9.77. The fraction of sp³-hybridized carbons (Fsp3) is 0.333. The molecule has 8 nitrogen and oxygen atoms in total. The van der Waals surface area contributed by atoms with Gasteiger partial charge in [-0.15, -0.1) is 5.10 Å². The summed E-state index contributed by atoms with van der Waals surface area (Å²) in [6.45, 7) is 0.746. The zero-order chi connectivity index (χ0) is 17.1. The Morgan fingerprint density at radius 3 is 3.04 bits per heavy atom. The third-order valence-electron chi connectivity index (χ3n) is 3.83. The van der Waals surface area contributed by atoms with Gasteiger partial charge in [-0.1, -0.05) is 17.7 Å². The summed E-state index contributed by atoms with van der Waals surface area (Å²) in [6, 6.07) is 7.04. The number of H-pyrrole nitrogens is 1. The number of nitrogens with one attached hydrogen (secondary N) is 2. The van der Waals surface area contributed by atoms with Crippen LogP contribution < -0.4 is 16.0 Å². The first kappa shape index (κ1) is 16.3. The molecule has 0 aliphatic carbocycles. The summed E-state index contributed by atoms with van der Waals surface area (Å²) in [5.74, 6) is 0.169. The maximum atomic E-state index is 12.2. The largest absolute Gasteiger partial charge is 0.367 e. The molecular formula is C15H17ClN6O2. The van der Waals surface area contributed by atoms with Crippen molar-refractivity contribution in [3.05, 3.63) is 35.1 Å². The number of hydrogen-bond donors (Lipinski definition) is 3. The Balaban J connectivity index is 1.54. The average Bonchev–Trinajstić information content (AvgIpc) is 3.13. The molecule has 9 heteroatoms. The number of nitrogens with two attached hydrogens (primary N) is 1. The third kappa shape index (κ3) is 3.65. The van der Waals surface area contributed by atoms with Crippen LogP contribution in [0.3, 0.4) is 0 Å². The molecule has 0 spiro atoms. The maximum absolute atomic E-state index is 12.2. The number of nitrogen functional groups attached to an aromatic ring is 1. The predicted octanol–water partition coefficient (Wildman–Crippen LogP) is 0.752. The number of halogens is 1. The van der Waals surface area contributed by atoms with Crippen molar-refractivity contribution >= 4 is 35.1 Å². The Kier molecular flexibility index (Phi) is 4.66. The first-order chi connectivity index (χ1) is 11.5. The molecule has 24 heavy (non-hydrogen) atoms. The second-order valence-corrected chi connectivity index (χ2v) is 6.00. The number of benzene rings is 1. The third-order valence-corrected chi connectivity index (χ3v) is 4.06. The molecule has 1 saturated heterocycles. The second-order valence-electron chi connectivity index (χ2n) is 5.57. The van der Waals surface area contributed by atoms with Crippen LogP contribution in [0.25, 0.3) is 0 Å². The monoisotopic (exact) mass is 348 g/mol. The number of aromatic nitrogens is 3. The summed E-state index contributed by atoms with van der Waals surface area (Å²) in [6.07, 6.45) is 0.683. The van der Waals surface area contributed by atoms with Crippen LogP contribution >= 0.6 is 11.6 Å². The Morgan fingerprint density at radius 1 is 1.50 bits per heavy atom. The van der Waals surface area contributed by atoms with E-state index in [1.165, 1.54) is 0 Å². The lowest BCUT2D eigenvalue weighted by atomic mass is 10.1. The molecule has 1 fully saturated rings. The number of rotatable bonds is 5. The number of anilines is 2. The van der Waals surface area contributed by atoms with Gasteiger partial charge in [0.05, 0.1) is 5.92 Å². The molecule has 1 aliphatic heterocycles. The number of amides is 2. The lowest BCUT2D eigenvalue weighted by Crippen LogP contribution is -2.34. The Bertz CT molecular complexity index is 762. The zero-order valence-electron chi connectivity index (χ0n) is 12.8. The molecule has 3 rings (SSSR count). The van der Waals surface area contributed by atoms with Gasteiger partial charge >= 0.3 is 0 Å². The predicted molar refractivity (Wildman–Crippen MR) is 89.4 cm³/mol. The highest BCUT2D eigenvalue weighted by Crippen LogP contribution is 2.27. The highest BCUT2D eigenvalue weighted by molar-refractivity contribution is 6.30. The van der Waals surface area contributed by atoms with E-state index in [4.69, 9.17) is 17.3 Å². The zero-order valence-corrected chi connectivity index (χ0v) is 13.6. The fourth-order valence-corrected chi connectivity index (χ4v) is 2.83. The van der Waals surface area contributed by atoms with Gasteiger partial charge in [-0.2, -0.15) is 4.98 Å². The first-order valence-electron chi connectivity index (χ1n) is 7.53. The molecule has 2 amide bonds. The van der Waals surface area contributed by atoms with Crippen LogP contribution in [0.1, 0.15) is 12.2 Å². The molecule has 0 radical (unpaired) electrons. The highest BCUT2D eigenvalue weighted by atomic mass is 35.5. The molecule has 1 atom stereocenters. The van der Waals surface area contributed by atoms with Crippen LogP contribution in [0.5, 0.6) is 0 Å². The first-order valence-corrected chi connectivity index (χ1v) is 7.91. The molecule has 0 saturated carbocycles. The van der Waals surface area contributed by atoms with Crippen LogP contribution in [0.15, 0.2) is 24.3 Å². The van der Waals surface area contributed by atoms with Crippen molar-refractivity contribution < 1.29 is 9.59 Å². The Hall–Kier alpha value is -2.61. The van der Waals surface area contributed by atoms with Crippen LogP contribution in [-0.4, -0.2) is 40.1 Å². The summed E-state index contributed by atoms with van der Waals surface area (Å²) < 4.78 is 0. The van der Waals surface area contributed by atoms with Gasteiger partial charge in [-0.3, -0.25) is 14.7 Å². The number of carbonyl (C=O) groups excluding carboxylic acids is 2. The van der Waals surface area contributed by atoms with Gasteiger partial charge < -0.3 is 16.0 Å². The smallest absolute Gasteiger partial charge is 0.239 e. The van der Waals surface area contributed by atoms with Gasteiger partial charge in [-0.05, 0) is 18.2 Å². The fourth-order valence-electron chi connectivity index (χ4n) is 2.65. The van der Waals surface area contributed by atoms with Crippen LogP contribution in [0.2, 0.25) is 5.02 Å². The Morgan fingerprint density at radius 2 is 2.33 bits per heavy atom. The molecule has 4 N–H and O–H groups in total. The van der Waals surface area contributed by atoms with Crippen LogP contribution in [0, 0.1) is 5.92 Å². The number of carbonyl (C=O) groups is 2. The lowest BCUT2D eigenvalue weighted by molar-refractivity contribution is -0.126. The van der Waals surface area contributed by atoms with E-state index < -0.39 is 0 Å². The van der Waals surface area contributed by atoms with E-state index in [9.17, 15) is 9.59 Å². The van der Waals surface area contributed by atoms with Crippen molar-refractivity contribution in [3.8, 4) is 0 Å². The van der Waals surface area contributed by atoms with Gasteiger partial charge in [0.15, 0.2) is 0 Å². The van der Waals surface area contributed by atoms with Gasteiger partial charge in [0, 0.05) is 36.6 Å². The van der Waals surface area contributed by atoms with Crippen molar-refractivity contribution in [2.45, 2.75) is 12.8 Å². The Labute approximate surface area is 143 Å². The van der Waals surface area contributed by atoms with Crippen LogP contribution in [0.4, 0.5) is 11.6 Å². The molecule has 0 unspecified atom stereocenters. The number of hydrogen-bond acceptors (Lipinski definition) is 5. The van der Waals surface area contributed by atoms with E-state index in [-0.39, 0.29) is 30.1 Å². The van der Waals surface area contributed by atoms with E-state index in [0.717, 1.165) is 0 Å². The number of nitrogens with zero attached hydrogens (tertiary/aromatic N) is 3. The number of aromatic amines is 1. The minimum absolute atomic E-state index is 0.0829. The van der Waals surface area contributed by atoms with Gasteiger partial charge in [-0.25, -0.2) is 0 Å². The molecular weight excluding hydrogens is 332 g/mol. The molecule has 1 aliphatic rings. The molecule has 126 valence electrons. The molecule has 0 bridgehead atoms. The van der Waals surface area contributed by atoms with Crippen molar-refractivity contribution in [1.29, 1.82) is 0 Å². The summed E-state index contributed by atoms with van der Waals surface area (Å²) in [7, 11) is 0. The highest BCUT2D eigenvalue weighted by Gasteiger charge is 2.35. The molecule has 2 aromatic rings. The second kappa shape index (κ2) is 6.88.